The molecule has 1 amide bonds. The summed E-state index contributed by atoms with van der Waals surface area (Å²) in [5, 5.41) is 6.79. The number of halogens is 1. The number of hydrogen-bond donors (Lipinski definition) is 1. The Hall–Kier alpha value is -2.37. The molecule has 126 valence electrons. The molecular weight excluding hydrogens is 297 g/mol. The van der Waals surface area contributed by atoms with Gasteiger partial charge in [-0.05, 0) is 45.9 Å². The van der Waals surface area contributed by atoms with Gasteiger partial charge in [-0.25, -0.2) is 13.9 Å². The zero-order chi connectivity index (χ0) is 17.6. The van der Waals surface area contributed by atoms with Gasteiger partial charge in [0.05, 0.1) is 23.3 Å². The highest BCUT2D eigenvalue weighted by atomic mass is 19.1. The van der Waals surface area contributed by atoms with Crippen molar-refractivity contribution in [2.75, 3.05) is 5.32 Å². The number of nitrogens with one attached hydrogen (secondary N) is 1. The highest BCUT2D eigenvalue weighted by Gasteiger charge is 2.18. The van der Waals surface area contributed by atoms with E-state index in [1.807, 2.05) is 13.8 Å². The predicted molar refractivity (Wildman–Crippen MR) is 89.5 cm³/mol. The molecule has 0 aliphatic carbocycles. The van der Waals surface area contributed by atoms with E-state index in [-0.39, 0.29) is 5.82 Å². The van der Waals surface area contributed by atoms with Gasteiger partial charge in [0.1, 0.15) is 11.4 Å². The van der Waals surface area contributed by atoms with Crippen LogP contribution in [-0.4, -0.2) is 21.5 Å². The van der Waals surface area contributed by atoms with Crippen LogP contribution < -0.4 is 5.32 Å². The second-order valence-corrected chi connectivity index (χ2v) is 5.66. The van der Waals surface area contributed by atoms with Gasteiger partial charge in [-0.3, -0.25) is 5.32 Å². The number of hydrogen-bond acceptors (Lipinski definition) is 3. The average Bonchev–Trinajstić information content (AvgIpc) is 2.80. The fourth-order valence-corrected chi connectivity index (χ4v) is 1.81. The van der Waals surface area contributed by atoms with Crippen LogP contribution in [0.25, 0.3) is 5.69 Å². The lowest BCUT2D eigenvalue weighted by atomic mass is 10.2. The Balaban J connectivity index is 0.00000127. The van der Waals surface area contributed by atoms with Gasteiger partial charge in [-0.15, -0.1) is 0 Å². The third-order valence-electron chi connectivity index (χ3n) is 2.70. The van der Waals surface area contributed by atoms with Crippen molar-refractivity contribution in [1.29, 1.82) is 0 Å². The van der Waals surface area contributed by atoms with Gasteiger partial charge in [0.25, 0.3) is 0 Å². The summed E-state index contributed by atoms with van der Waals surface area (Å²) < 4.78 is 20.0. The maximum Gasteiger partial charge on any atom is 0.412 e. The number of nitrogens with zero attached hydrogens (tertiary/aromatic N) is 2. The molecule has 0 bridgehead atoms. The maximum atomic E-state index is 13.3. The molecule has 0 unspecified atom stereocenters. The van der Waals surface area contributed by atoms with Crippen LogP contribution in [0, 0.1) is 12.7 Å². The Morgan fingerprint density at radius 2 is 1.96 bits per heavy atom. The van der Waals surface area contributed by atoms with E-state index in [1.54, 1.807) is 44.5 Å². The lowest BCUT2D eigenvalue weighted by molar-refractivity contribution is 0.0636. The summed E-state index contributed by atoms with van der Waals surface area (Å²) in [7, 11) is 0. The zero-order valence-electron chi connectivity index (χ0n) is 14.5. The molecule has 0 saturated heterocycles. The van der Waals surface area contributed by atoms with Crippen LogP contribution in [-0.2, 0) is 4.74 Å². The van der Waals surface area contributed by atoms with Crippen molar-refractivity contribution in [2.24, 2.45) is 0 Å². The van der Waals surface area contributed by atoms with Crippen LogP contribution in [0.15, 0.2) is 30.5 Å². The monoisotopic (exact) mass is 321 g/mol. The first-order valence-electron chi connectivity index (χ1n) is 7.57. The van der Waals surface area contributed by atoms with Crippen LogP contribution in [0.4, 0.5) is 14.9 Å². The molecule has 2 aromatic rings. The summed E-state index contributed by atoms with van der Waals surface area (Å²) in [6, 6.07) is 6.08. The molecule has 23 heavy (non-hydrogen) atoms. The second kappa shape index (κ2) is 7.76. The molecule has 1 heterocycles. The molecule has 0 atom stereocenters. The van der Waals surface area contributed by atoms with E-state index in [0.29, 0.717) is 17.1 Å². The van der Waals surface area contributed by atoms with E-state index >= 15 is 0 Å². The average molecular weight is 321 g/mol. The Kier molecular flexibility index (Phi) is 6.30. The first-order chi connectivity index (χ1) is 10.8. The number of benzene rings is 1. The van der Waals surface area contributed by atoms with Gasteiger partial charge in [-0.1, -0.05) is 19.9 Å². The number of aromatic nitrogens is 2. The standard InChI is InChI=1S/C15H18FN3O2.C2H6/c1-10-13(18-14(20)21-15(2,3)4)9-17-19(10)12-7-5-6-11(16)8-12;1-2/h5-9H,1-4H3,(H,18,20);1-2H3. The van der Waals surface area contributed by atoms with Crippen molar-refractivity contribution in [2.45, 2.75) is 47.1 Å². The van der Waals surface area contributed by atoms with Gasteiger partial charge in [0.15, 0.2) is 0 Å². The molecule has 1 aromatic heterocycles. The molecule has 0 radical (unpaired) electrons. The van der Waals surface area contributed by atoms with Crippen molar-refractivity contribution >= 4 is 11.8 Å². The zero-order valence-corrected chi connectivity index (χ0v) is 14.5. The molecule has 0 spiro atoms. The summed E-state index contributed by atoms with van der Waals surface area (Å²) in [5.41, 5.74) is 1.22. The van der Waals surface area contributed by atoms with Gasteiger partial charge >= 0.3 is 6.09 Å². The van der Waals surface area contributed by atoms with Crippen LogP contribution in [0.5, 0.6) is 0 Å². The van der Waals surface area contributed by atoms with E-state index in [2.05, 4.69) is 10.4 Å². The molecule has 1 N–H and O–H groups in total. The molecule has 0 fully saturated rings. The molecule has 0 aliphatic rings. The first-order valence-corrected chi connectivity index (χ1v) is 7.57. The third kappa shape index (κ3) is 5.39. The van der Waals surface area contributed by atoms with E-state index in [9.17, 15) is 9.18 Å². The Morgan fingerprint density at radius 1 is 1.30 bits per heavy atom. The Bertz CT molecular complexity index is 660. The van der Waals surface area contributed by atoms with Crippen molar-refractivity contribution in [3.8, 4) is 5.69 Å². The number of amides is 1. The Labute approximate surface area is 136 Å². The number of anilines is 1. The van der Waals surface area contributed by atoms with Crippen LogP contribution in [0.1, 0.15) is 40.3 Å². The minimum Gasteiger partial charge on any atom is -0.444 e. The fourth-order valence-electron chi connectivity index (χ4n) is 1.81. The van der Waals surface area contributed by atoms with Gasteiger partial charge in [0, 0.05) is 0 Å². The van der Waals surface area contributed by atoms with Crippen molar-refractivity contribution < 1.29 is 13.9 Å². The molecule has 5 nitrogen and oxygen atoms in total. The molecule has 0 aliphatic heterocycles. The molecular formula is C17H24FN3O2. The highest BCUT2D eigenvalue weighted by Crippen LogP contribution is 2.19. The fraction of sp³-hybridized carbons (Fsp3) is 0.412. The molecule has 6 heteroatoms. The molecule has 0 saturated carbocycles. The summed E-state index contributed by atoms with van der Waals surface area (Å²) >= 11 is 0. The largest absolute Gasteiger partial charge is 0.444 e. The second-order valence-electron chi connectivity index (χ2n) is 5.66. The lowest BCUT2D eigenvalue weighted by Crippen LogP contribution is -2.27. The van der Waals surface area contributed by atoms with E-state index < -0.39 is 11.7 Å². The number of carbonyl (C=O) groups is 1. The molecule has 2 rings (SSSR count). The maximum absolute atomic E-state index is 13.3. The topological polar surface area (TPSA) is 56.1 Å². The molecule has 1 aromatic carbocycles. The van der Waals surface area contributed by atoms with Crippen LogP contribution in [0.2, 0.25) is 0 Å². The first kappa shape index (κ1) is 18.7. The van der Waals surface area contributed by atoms with Crippen molar-refractivity contribution in [3.63, 3.8) is 0 Å². The van der Waals surface area contributed by atoms with E-state index in [1.165, 1.54) is 18.3 Å². The Morgan fingerprint density at radius 3 is 2.52 bits per heavy atom. The summed E-state index contributed by atoms with van der Waals surface area (Å²) in [6.07, 6.45) is 0.953. The van der Waals surface area contributed by atoms with Crippen LogP contribution >= 0.6 is 0 Å². The van der Waals surface area contributed by atoms with Crippen LogP contribution in [0.3, 0.4) is 0 Å². The van der Waals surface area contributed by atoms with Crippen molar-refractivity contribution in [1.82, 2.24) is 9.78 Å². The predicted octanol–water partition coefficient (Wildman–Crippen LogP) is 4.69. The lowest BCUT2D eigenvalue weighted by Gasteiger charge is -2.19. The van der Waals surface area contributed by atoms with E-state index in [0.717, 1.165) is 0 Å². The van der Waals surface area contributed by atoms with Gasteiger partial charge in [-0.2, -0.15) is 5.10 Å². The minimum absolute atomic E-state index is 0.343. The highest BCUT2D eigenvalue weighted by molar-refractivity contribution is 5.85. The summed E-state index contributed by atoms with van der Waals surface area (Å²) in [4.78, 5) is 11.7. The van der Waals surface area contributed by atoms with E-state index in [4.69, 9.17) is 4.74 Å². The third-order valence-corrected chi connectivity index (χ3v) is 2.70. The number of ether oxygens (including phenoxy) is 1. The normalized spacial score (nSPS) is 10.6. The quantitative estimate of drug-likeness (QED) is 0.872. The minimum atomic E-state index is -0.573. The van der Waals surface area contributed by atoms with Gasteiger partial charge in [0.2, 0.25) is 0 Å². The smallest absolute Gasteiger partial charge is 0.412 e. The summed E-state index contributed by atoms with van der Waals surface area (Å²) in [6.45, 7) is 11.1. The van der Waals surface area contributed by atoms with Gasteiger partial charge < -0.3 is 4.74 Å². The number of rotatable bonds is 2. The van der Waals surface area contributed by atoms with Crippen molar-refractivity contribution in [3.05, 3.63) is 42.0 Å². The SMILES string of the molecule is CC.Cc1c(NC(=O)OC(C)(C)C)cnn1-c1cccc(F)c1. The summed E-state index contributed by atoms with van der Waals surface area (Å²) in [5.74, 6) is -0.343. The number of carbonyl (C=O) groups excluding carboxylic acids is 1.